The lowest BCUT2D eigenvalue weighted by atomic mass is 10.2. The molecule has 0 saturated carbocycles. The van der Waals surface area contributed by atoms with Crippen molar-refractivity contribution >= 4 is 0 Å². The molecule has 2 aromatic rings. The molecule has 0 aliphatic rings. The number of hydrogen-bond acceptors (Lipinski definition) is 5. The minimum absolute atomic E-state index is 0.336. The quantitative estimate of drug-likeness (QED) is 0.806. The third kappa shape index (κ3) is 2.42. The topological polar surface area (TPSA) is 71.9 Å². The average molecular weight is 229 g/mol. The highest BCUT2D eigenvalue weighted by Crippen LogP contribution is 2.16. The van der Waals surface area contributed by atoms with Crippen LogP contribution in [0, 0.1) is 25.2 Å². The number of nitrogens with zero attached hydrogens (tertiary/aromatic N) is 3. The summed E-state index contributed by atoms with van der Waals surface area (Å²) in [5.74, 6) is 1.16. The predicted molar refractivity (Wildman–Crippen MR) is 59.3 cm³/mol. The molecule has 0 fully saturated rings. The first-order valence-corrected chi connectivity index (χ1v) is 5.11. The van der Waals surface area contributed by atoms with E-state index in [1.165, 1.54) is 0 Å². The molecule has 5 heteroatoms. The third-order valence-corrected chi connectivity index (χ3v) is 2.41. The van der Waals surface area contributed by atoms with Gasteiger partial charge < -0.3 is 9.26 Å². The van der Waals surface area contributed by atoms with Crippen molar-refractivity contribution in [1.82, 2.24) is 10.1 Å². The van der Waals surface area contributed by atoms with Crippen molar-refractivity contribution in [3.8, 4) is 11.9 Å². The number of nitriles is 1. The van der Waals surface area contributed by atoms with Gasteiger partial charge in [-0.1, -0.05) is 5.16 Å². The number of ether oxygens (including phenoxy) is 1. The van der Waals surface area contributed by atoms with Gasteiger partial charge in [0.1, 0.15) is 12.4 Å². The molecular weight excluding hydrogens is 218 g/mol. The van der Waals surface area contributed by atoms with Crippen molar-refractivity contribution in [2.45, 2.75) is 20.5 Å². The molecule has 0 unspecified atom stereocenters. The average Bonchev–Trinajstić information content (AvgIpc) is 2.67. The highest BCUT2D eigenvalue weighted by atomic mass is 16.5. The van der Waals surface area contributed by atoms with E-state index in [0.717, 1.165) is 17.0 Å². The molecule has 0 aromatic carbocycles. The molecule has 0 spiro atoms. The summed E-state index contributed by atoms with van der Waals surface area (Å²) in [7, 11) is 0. The molecule has 2 aromatic heterocycles. The maximum absolute atomic E-state index is 8.74. The third-order valence-electron chi connectivity index (χ3n) is 2.41. The summed E-state index contributed by atoms with van der Waals surface area (Å²) in [4.78, 5) is 4.02. The Kier molecular flexibility index (Phi) is 3.06. The molecular formula is C12H11N3O2. The number of aromatic nitrogens is 2. The first-order chi connectivity index (χ1) is 8.20. The van der Waals surface area contributed by atoms with Gasteiger partial charge in [0.25, 0.3) is 0 Å². The maximum atomic E-state index is 8.74. The molecule has 17 heavy (non-hydrogen) atoms. The Bertz CT molecular complexity index is 550. The lowest BCUT2D eigenvalue weighted by Gasteiger charge is -2.04. The molecule has 86 valence electrons. The number of rotatable bonds is 3. The zero-order valence-electron chi connectivity index (χ0n) is 9.60. The summed E-state index contributed by atoms with van der Waals surface area (Å²) in [6.07, 6.45) is 1.54. The number of pyridine rings is 1. The van der Waals surface area contributed by atoms with Crippen LogP contribution in [0.15, 0.2) is 22.9 Å². The molecule has 0 amide bonds. The van der Waals surface area contributed by atoms with E-state index in [1.54, 1.807) is 18.3 Å². The second kappa shape index (κ2) is 4.66. The highest BCUT2D eigenvalue weighted by Gasteiger charge is 2.09. The Hall–Kier alpha value is -2.35. The van der Waals surface area contributed by atoms with Crippen molar-refractivity contribution in [1.29, 1.82) is 5.26 Å². The lowest BCUT2D eigenvalue weighted by Crippen LogP contribution is -1.99. The number of hydrogen-bond donors (Lipinski definition) is 0. The fraction of sp³-hybridized carbons (Fsp3) is 0.250. The zero-order chi connectivity index (χ0) is 12.3. The van der Waals surface area contributed by atoms with Crippen LogP contribution < -0.4 is 4.74 Å². The van der Waals surface area contributed by atoms with Crippen molar-refractivity contribution in [3.63, 3.8) is 0 Å². The van der Waals surface area contributed by atoms with Crippen LogP contribution in [0.1, 0.15) is 22.6 Å². The van der Waals surface area contributed by atoms with Gasteiger partial charge in [0.15, 0.2) is 0 Å². The summed E-state index contributed by atoms with van der Waals surface area (Å²) in [5.41, 5.74) is 2.24. The van der Waals surface area contributed by atoms with Gasteiger partial charge in [-0.25, -0.2) is 4.98 Å². The van der Waals surface area contributed by atoms with E-state index in [9.17, 15) is 0 Å². The smallest absolute Gasteiger partial charge is 0.214 e. The van der Waals surface area contributed by atoms with Crippen LogP contribution in [-0.2, 0) is 6.61 Å². The van der Waals surface area contributed by atoms with Gasteiger partial charge in [0.2, 0.25) is 5.88 Å². The Morgan fingerprint density at radius 2 is 2.29 bits per heavy atom. The zero-order valence-corrected chi connectivity index (χ0v) is 9.60. The largest absolute Gasteiger partial charge is 0.473 e. The monoisotopic (exact) mass is 229 g/mol. The molecule has 0 saturated heterocycles. The molecule has 5 nitrogen and oxygen atoms in total. The predicted octanol–water partition coefficient (Wildman–Crippen LogP) is 2.14. The molecule has 0 N–H and O–H groups in total. The van der Waals surface area contributed by atoms with E-state index in [2.05, 4.69) is 10.1 Å². The van der Waals surface area contributed by atoms with Crippen LogP contribution in [0.4, 0.5) is 0 Å². The number of aryl methyl sites for hydroxylation is 2. The fourth-order valence-electron chi connectivity index (χ4n) is 1.41. The minimum Gasteiger partial charge on any atom is -0.473 e. The second-order valence-electron chi connectivity index (χ2n) is 3.59. The molecule has 2 heterocycles. The molecule has 0 bridgehead atoms. The SMILES string of the molecule is Cc1noc(C)c1COc1cc(C#N)ccn1. The van der Waals surface area contributed by atoms with Crippen molar-refractivity contribution in [3.05, 3.63) is 40.9 Å². The first kappa shape index (κ1) is 11.1. The van der Waals surface area contributed by atoms with Gasteiger partial charge in [0, 0.05) is 12.3 Å². The standard InChI is InChI=1S/C12H11N3O2/c1-8-11(9(2)17-15-8)7-16-12-5-10(6-13)3-4-14-12/h3-5H,7H2,1-2H3. The second-order valence-corrected chi connectivity index (χ2v) is 3.59. The van der Waals surface area contributed by atoms with Gasteiger partial charge in [-0.15, -0.1) is 0 Å². The molecule has 0 aliphatic carbocycles. The summed E-state index contributed by atoms with van der Waals surface area (Å²) in [6, 6.07) is 5.26. The summed E-state index contributed by atoms with van der Waals surface area (Å²) < 4.78 is 10.5. The molecule has 2 rings (SSSR count). The van der Waals surface area contributed by atoms with Gasteiger partial charge in [-0.3, -0.25) is 0 Å². The van der Waals surface area contributed by atoms with Crippen LogP contribution in [-0.4, -0.2) is 10.1 Å². The summed E-state index contributed by atoms with van der Waals surface area (Å²) >= 11 is 0. The lowest BCUT2D eigenvalue weighted by molar-refractivity contribution is 0.290. The Labute approximate surface area is 98.6 Å². The van der Waals surface area contributed by atoms with E-state index in [4.69, 9.17) is 14.5 Å². The van der Waals surface area contributed by atoms with Crippen LogP contribution in [0.3, 0.4) is 0 Å². The Morgan fingerprint density at radius 1 is 1.47 bits per heavy atom. The Balaban J connectivity index is 2.10. The maximum Gasteiger partial charge on any atom is 0.214 e. The van der Waals surface area contributed by atoms with Crippen LogP contribution in [0.25, 0.3) is 0 Å². The van der Waals surface area contributed by atoms with Gasteiger partial charge >= 0.3 is 0 Å². The van der Waals surface area contributed by atoms with Gasteiger partial charge in [0.05, 0.1) is 22.9 Å². The van der Waals surface area contributed by atoms with Crippen LogP contribution in [0.5, 0.6) is 5.88 Å². The fourth-order valence-corrected chi connectivity index (χ4v) is 1.41. The van der Waals surface area contributed by atoms with E-state index in [1.807, 2.05) is 19.9 Å². The summed E-state index contributed by atoms with van der Waals surface area (Å²) in [6.45, 7) is 4.02. The van der Waals surface area contributed by atoms with E-state index >= 15 is 0 Å². The highest BCUT2D eigenvalue weighted by molar-refractivity contribution is 5.31. The normalized spacial score (nSPS) is 9.94. The molecule has 0 atom stereocenters. The van der Waals surface area contributed by atoms with Crippen LogP contribution >= 0.6 is 0 Å². The van der Waals surface area contributed by atoms with Crippen molar-refractivity contribution < 1.29 is 9.26 Å². The Morgan fingerprint density at radius 3 is 2.94 bits per heavy atom. The van der Waals surface area contributed by atoms with E-state index in [0.29, 0.717) is 18.1 Å². The van der Waals surface area contributed by atoms with E-state index in [-0.39, 0.29) is 0 Å². The summed E-state index contributed by atoms with van der Waals surface area (Å²) in [5, 5.41) is 12.6. The van der Waals surface area contributed by atoms with Gasteiger partial charge in [-0.2, -0.15) is 5.26 Å². The van der Waals surface area contributed by atoms with Crippen LogP contribution in [0.2, 0.25) is 0 Å². The van der Waals surface area contributed by atoms with Crippen molar-refractivity contribution in [2.24, 2.45) is 0 Å². The molecule has 0 aliphatic heterocycles. The van der Waals surface area contributed by atoms with E-state index < -0.39 is 0 Å². The van der Waals surface area contributed by atoms with Gasteiger partial charge in [-0.05, 0) is 19.9 Å². The van der Waals surface area contributed by atoms with Crippen molar-refractivity contribution in [2.75, 3.05) is 0 Å². The molecule has 0 radical (unpaired) electrons. The first-order valence-electron chi connectivity index (χ1n) is 5.11. The minimum atomic E-state index is 0.336.